The second-order valence-corrected chi connectivity index (χ2v) is 3.48. The van der Waals surface area contributed by atoms with E-state index < -0.39 is 0 Å². The Morgan fingerprint density at radius 1 is 1.42 bits per heavy atom. The summed E-state index contributed by atoms with van der Waals surface area (Å²) >= 11 is 0. The molecular weight excluding hydrogens is 150 g/mol. The van der Waals surface area contributed by atoms with Crippen molar-refractivity contribution in [2.45, 2.75) is 26.8 Å². The molecule has 12 heavy (non-hydrogen) atoms. The Labute approximate surface area is 75.9 Å². The molecule has 0 amide bonds. The van der Waals surface area contributed by atoms with Crippen LogP contribution in [0.3, 0.4) is 0 Å². The molecule has 72 valence electrons. The number of nitrogens with zero attached hydrogens (tertiary/aromatic N) is 2. The van der Waals surface area contributed by atoms with Crippen molar-refractivity contribution in [3.05, 3.63) is 0 Å². The first-order valence-electron chi connectivity index (χ1n) is 4.45. The minimum Gasteiger partial charge on any atom is -0.357 e. The van der Waals surface area contributed by atoms with Gasteiger partial charge in [0.05, 0.1) is 5.84 Å². The maximum Gasteiger partial charge on any atom is 0.0928 e. The summed E-state index contributed by atoms with van der Waals surface area (Å²) in [6, 6.07) is 0.433. The molecule has 0 aliphatic heterocycles. The third-order valence-electron chi connectivity index (χ3n) is 1.93. The largest absolute Gasteiger partial charge is 0.357 e. The first-order chi connectivity index (χ1) is 5.49. The summed E-state index contributed by atoms with van der Waals surface area (Å²) in [7, 11) is 4.12. The second kappa shape index (κ2) is 5.14. The number of hydrogen-bond donors (Lipinski definition) is 1. The fourth-order valence-electron chi connectivity index (χ4n) is 1.51. The Bertz CT molecular complexity index is 143. The third kappa shape index (κ3) is 3.72. The van der Waals surface area contributed by atoms with Crippen molar-refractivity contribution < 1.29 is 0 Å². The zero-order chi connectivity index (χ0) is 9.72. The van der Waals surface area contributed by atoms with Crippen molar-refractivity contribution in [1.82, 2.24) is 9.80 Å². The van der Waals surface area contributed by atoms with Gasteiger partial charge in [-0.05, 0) is 34.9 Å². The number of rotatable bonds is 4. The van der Waals surface area contributed by atoms with E-state index in [1.54, 1.807) is 0 Å². The zero-order valence-corrected chi connectivity index (χ0v) is 8.89. The van der Waals surface area contributed by atoms with E-state index in [4.69, 9.17) is 5.41 Å². The van der Waals surface area contributed by atoms with E-state index in [2.05, 4.69) is 37.7 Å². The normalized spacial score (nSPS) is 13.2. The van der Waals surface area contributed by atoms with Crippen LogP contribution in [0.25, 0.3) is 0 Å². The lowest BCUT2D eigenvalue weighted by Gasteiger charge is -2.30. The van der Waals surface area contributed by atoms with E-state index in [9.17, 15) is 0 Å². The Morgan fingerprint density at radius 2 is 1.92 bits per heavy atom. The zero-order valence-electron chi connectivity index (χ0n) is 8.89. The van der Waals surface area contributed by atoms with E-state index in [-0.39, 0.29) is 0 Å². The Morgan fingerprint density at radius 3 is 2.17 bits per heavy atom. The third-order valence-corrected chi connectivity index (χ3v) is 1.93. The molecule has 0 aliphatic carbocycles. The van der Waals surface area contributed by atoms with Gasteiger partial charge in [0, 0.05) is 19.1 Å². The molecule has 3 heteroatoms. The minimum absolute atomic E-state index is 0.433. The minimum atomic E-state index is 0.433. The van der Waals surface area contributed by atoms with Crippen LogP contribution in [0.1, 0.15) is 20.8 Å². The quantitative estimate of drug-likeness (QED) is 0.510. The Kier molecular flexibility index (Phi) is 4.90. The predicted octanol–water partition coefficient (Wildman–Crippen LogP) is 1.26. The molecule has 1 N–H and O–H groups in total. The van der Waals surface area contributed by atoms with Gasteiger partial charge in [-0.15, -0.1) is 0 Å². The van der Waals surface area contributed by atoms with E-state index in [1.807, 2.05) is 6.92 Å². The summed E-state index contributed by atoms with van der Waals surface area (Å²) < 4.78 is 0. The van der Waals surface area contributed by atoms with Crippen molar-refractivity contribution in [2.75, 3.05) is 27.2 Å². The van der Waals surface area contributed by atoms with Gasteiger partial charge in [-0.1, -0.05) is 0 Å². The van der Waals surface area contributed by atoms with Crippen LogP contribution in [0.2, 0.25) is 0 Å². The molecule has 0 saturated heterocycles. The molecule has 0 rings (SSSR count). The van der Waals surface area contributed by atoms with Gasteiger partial charge in [-0.2, -0.15) is 0 Å². The Balaban J connectivity index is 4.02. The summed E-state index contributed by atoms with van der Waals surface area (Å²) in [4.78, 5) is 4.25. The molecule has 0 saturated carbocycles. The number of amidine groups is 1. The van der Waals surface area contributed by atoms with E-state index in [0.717, 1.165) is 13.1 Å². The lowest BCUT2D eigenvalue weighted by Crippen LogP contribution is -2.42. The molecule has 0 fully saturated rings. The molecule has 1 unspecified atom stereocenters. The van der Waals surface area contributed by atoms with Gasteiger partial charge >= 0.3 is 0 Å². The van der Waals surface area contributed by atoms with Gasteiger partial charge < -0.3 is 9.80 Å². The fourth-order valence-corrected chi connectivity index (χ4v) is 1.51. The van der Waals surface area contributed by atoms with Crippen LogP contribution in [0, 0.1) is 5.41 Å². The molecule has 3 nitrogen and oxygen atoms in total. The maximum atomic E-state index is 7.53. The SMILES string of the molecule is CCN(C(C)=N)C(C)CN(C)C. The van der Waals surface area contributed by atoms with Gasteiger partial charge in [0.1, 0.15) is 0 Å². The van der Waals surface area contributed by atoms with Crippen LogP contribution >= 0.6 is 0 Å². The van der Waals surface area contributed by atoms with Crippen LogP contribution in [-0.4, -0.2) is 48.9 Å². The summed E-state index contributed by atoms with van der Waals surface area (Å²) in [5, 5.41) is 7.53. The van der Waals surface area contributed by atoms with Crippen molar-refractivity contribution in [3.8, 4) is 0 Å². The monoisotopic (exact) mass is 171 g/mol. The molecular formula is C9H21N3. The van der Waals surface area contributed by atoms with Crippen molar-refractivity contribution in [2.24, 2.45) is 0 Å². The van der Waals surface area contributed by atoms with Crippen LogP contribution in [-0.2, 0) is 0 Å². The van der Waals surface area contributed by atoms with Gasteiger partial charge in [-0.25, -0.2) is 0 Å². The number of likely N-dealkylation sites (N-methyl/N-ethyl adjacent to an activating group) is 2. The highest BCUT2D eigenvalue weighted by atomic mass is 15.2. The average Bonchev–Trinajstić information content (AvgIpc) is 1.85. The summed E-state index contributed by atoms with van der Waals surface area (Å²) in [6.45, 7) is 8.01. The second-order valence-electron chi connectivity index (χ2n) is 3.48. The highest BCUT2D eigenvalue weighted by Gasteiger charge is 2.12. The first-order valence-corrected chi connectivity index (χ1v) is 4.45. The summed E-state index contributed by atoms with van der Waals surface area (Å²) in [5.41, 5.74) is 0. The molecule has 0 radical (unpaired) electrons. The van der Waals surface area contributed by atoms with Crippen LogP contribution in [0.5, 0.6) is 0 Å². The number of hydrogen-bond acceptors (Lipinski definition) is 2. The lowest BCUT2D eigenvalue weighted by atomic mass is 10.2. The van der Waals surface area contributed by atoms with Crippen LogP contribution in [0.15, 0.2) is 0 Å². The van der Waals surface area contributed by atoms with E-state index in [1.165, 1.54) is 0 Å². The van der Waals surface area contributed by atoms with Crippen LogP contribution < -0.4 is 0 Å². The van der Waals surface area contributed by atoms with Gasteiger partial charge in [0.25, 0.3) is 0 Å². The molecule has 0 aromatic rings. The molecule has 0 bridgehead atoms. The lowest BCUT2D eigenvalue weighted by molar-refractivity contribution is 0.262. The van der Waals surface area contributed by atoms with E-state index in [0.29, 0.717) is 11.9 Å². The van der Waals surface area contributed by atoms with Crippen LogP contribution in [0.4, 0.5) is 0 Å². The molecule has 0 heterocycles. The highest BCUT2D eigenvalue weighted by Crippen LogP contribution is 2.00. The van der Waals surface area contributed by atoms with Crippen molar-refractivity contribution in [1.29, 1.82) is 5.41 Å². The fraction of sp³-hybridized carbons (Fsp3) is 0.889. The molecule has 0 spiro atoms. The molecule has 0 aromatic carbocycles. The Hall–Kier alpha value is -0.570. The van der Waals surface area contributed by atoms with E-state index >= 15 is 0 Å². The standard InChI is InChI=1S/C9H21N3/c1-6-12(9(3)10)8(2)7-11(4)5/h8,10H,6-7H2,1-5H3. The maximum absolute atomic E-state index is 7.53. The predicted molar refractivity (Wildman–Crippen MR) is 53.8 cm³/mol. The number of nitrogens with one attached hydrogen (secondary N) is 1. The van der Waals surface area contributed by atoms with Gasteiger partial charge in [0.15, 0.2) is 0 Å². The summed E-state index contributed by atoms with van der Waals surface area (Å²) in [5.74, 6) is 0.659. The smallest absolute Gasteiger partial charge is 0.0928 e. The van der Waals surface area contributed by atoms with Gasteiger partial charge in [-0.3, -0.25) is 5.41 Å². The summed E-state index contributed by atoms with van der Waals surface area (Å²) in [6.07, 6.45) is 0. The molecule has 1 atom stereocenters. The average molecular weight is 171 g/mol. The van der Waals surface area contributed by atoms with Crippen molar-refractivity contribution >= 4 is 5.84 Å². The highest BCUT2D eigenvalue weighted by molar-refractivity contribution is 5.76. The first kappa shape index (κ1) is 11.4. The topological polar surface area (TPSA) is 30.3 Å². The van der Waals surface area contributed by atoms with Gasteiger partial charge in [0.2, 0.25) is 0 Å². The van der Waals surface area contributed by atoms with Crippen molar-refractivity contribution in [3.63, 3.8) is 0 Å². The molecule has 0 aromatic heterocycles. The molecule has 0 aliphatic rings.